The van der Waals surface area contributed by atoms with Crippen molar-refractivity contribution in [3.8, 4) is 0 Å². The number of carboxylic acids is 1. The van der Waals surface area contributed by atoms with Crippen molar-refractivity contribution < 1.29 is 22.7 Å². The highest BCUT2D eigenvalue weighted by Crippen LogP contribution is 2.24. The molecule has 14 heavy (non-hydrogen) atoms. The molecule has 1 aliphatic rings. The topological polar surface area (TPSA) is 84.6 Å². The zero-order valence-corrected chi connectivity index (χ0v) is 8.00. The molecule has 76 valence electrons. The Hall–Kier alpha value is -1.30. The first-order valence-electron chi connectivity index (χ1n) is 4.03. The van der Waals surface area contributed by atoms with Crippen LogP contribution in [-0.2, 0) is 22.0 Å². The molecule has 0 unspecified atom stereocenters. The number of rotatable bonds is 1. The Labute approximate surface area is 80.3 Å². The van der Waals surface area contributed by atoms with Gasteiger partial charge in [0.2, 0.25) is 5.76 Å². The van der Waals surface area contributed by atoms with Crippen LogP contribution >= 0.6 is 0 Å². The Morgan fingerprint density at radius 3 is 2.86 bits per heavy atom. The van der Waals surface area contributed by atoms with E-state index in [0.29, 0.717) is 12.0 Å². The molecule has 0 aromatic carbocycles. The highest BCUT2D eigenvalue weighted by atomic mass is 32.2. The lowest BCUT2D eigenvalue weighted by atomic mass is 10.2. The average molecular weight is 216 g/mol. The predicted octanol–water partition coefficient (Wildman–Crippen LogP) is 0.449. The first-order chi connectivity index (χ1) is 6.48. The van der Waals surface area contributed by atoms with Gasteiger partial charge in [0.1, 0.15) is 11.5 Å². The van der Waals surface area contributed by atoms with E-state index in [2.05, 4.69) is 0 Å². The molecule has 1 N–H and O–H groups in total. The molecule has 2 rings (SSSR count). The third kappa shape index (κ3) is 1.52. The number of sulfone groups is 1. The number of carboxylic acid groups (broad SMARTS) is 1. The van der Waals surface area contributed by atoms with E-state index >= 15 is 0 Å². The van der Waals surface area contributed by atoms with Gasteiger partial charge in [-0.05, 0) is 18.1 Å². The molecule has 5 nitrogen and oxygen atoms in total. The Morgan fingerprint density at radius 2 is 2.21 bits per heavy atom. The van der Waals surface area contributed by atoms with Gasteiger partial charge in [0.15, 0.2) is 9.84 Å². The minimum atomic E-state index is -3.10. The van der Waals surface area contributed by atoms with E-state index in [0.717, 1.165) is 0 Å². The molecule has 2 heterocycles. The highest BCUT2D eigenvalue weighted by Gasteiger charge is 2.26. The van der Waals surface area contributed by atoms with Crippen LogP contribution in [0.5, 0.6) is 0 Å². The summed E-state index contributed by atoms with van der Waals surface area (Å²) in [5.41, 5.74) is 0.692. The fourth-order valence-electron chi connectivity index (χ4n) is 1.44. The molecule has 0 fully saturated rings. The molecule has 1 aromatic rings. The van der Waals surface area contributed by atoms with Gasteiger partial charge in [-0.3, -0.25) is 0 Å². The van der Waals surface area contributed by atoms with Crippen molar-refractivity contribution in [3.05, 3.63) is 23.2 Å². The molecule has 1 aromatic heterocycles. The number of aromatic carboxylic acids is 1. The van der Waals surface area contributed by atoms with Gasteiger partial charge in [-0.1, -0.05) is 0 Å². The van der Waals surface area contributed by atoms with Crippen LogP contribution in [0.15, 0.2) is 10.5 Å². The standard InChI is InChI=1S/C8H8O5S/c9-8(10)6-3-5-1-2-14(11,12)4-7(5)13-6/h3H,1-2,4H2,(H,9,10). The Bertz CT molecular complexity index is 482. The van der Waals surface area contributed by atoms with Gasteiger partial charge in [-0.25, -0.2) is 13.2 Å². The molecule has 0 amide bonds. The average Bonchev–Trinajstić information content (AvgIpc) is 2.45. The van der Waals surface area contributed by atoms with Crippen molar-refractivity contribution in [1.82, 2.24) is 0 Å². The van der Waals surface area contributed by atoms with Crippen LogP contribution in [0.25, 0.3) is 0 Å². The number of hydrogen-bond acceptors (Lipinski definition) is 4. The molecule has 0 radical (unpaired) electrons. The lowest BCUT2D eigenvalue weighted by molar-refractivity contribution is 0.0660. The van der Waals surface area contributed by atoms with E-state index in [4.69, 9.17) is 9.52 Å². The third-order valence-corrected chi connectivity index (χ3v) is 3.67. The molecule has 0 saturated heterocycles. The maximum Gasteiger partial charge on any atom is 0.371 e. The number of carbonyl (C=O) groups is 1. The van der Waals surface area contributed by atoms with E-state index < -0.39 is 15.8 Å². The lowest BCUT2D eigenvalue weighted by Gasteiger charge is -2.09. The van der Waals surface area contributed by atoms with Crippen LogP contribution < -0.4 is 0 Å². The number of hydrogen-bond donors (Lipinski definition) is 1. The molecule has 0 aliphatic carbocycles. The summed E-state index contributed by atoms with van der Waals surface area (Å²) in [7, 11) is -3.10. The fourth-order valence-corrected chi connectivity index (χ4v) is 2.76. The highest BCUT2D eigenvalue weighted by molar-refractivity contribution is 7.90. The molecule has 0 bridgehead atoms. The number of furan rings is 1. The zero-order valence-electron chi connectivity index (χ0n) is 7.19. The SMILES string of the molecule is O=C(O)c1cc2c(o1)CS(=O)(=O)CC2. The largest absolute Gasteiger partial charge is 0.475 e. The van der Waals surface area contributed by atoms with Crippen molar-refractivity contribution >= 4 is 15.8 Å². The van der Waals surface area contributed by atoms with E-state index in [-0.39, 0.29) is 23.0 Å². The lowest BCUT2D eigenvalue weighted by Crippen LogP contribution is -2.17. The van der Waals surface area contributed by atoms with Crippen molar-refractivity contribution in [1.29, 1.82) is 0 Å². The van der Waals surface area contributed by atoms with E-state index in [1.54, 1.807) is 0 Å². The van der Waals surface area contributed by atoms with Crippen LogP contribution in [0.1, 0.15) is 21.9 Å². The van der Waals surface area contributed by atoms with E-state index in [1.165, 1.54) is 6.07 Å². The predicted molar refractivity (Wildman–Crippen MR) is 46.9 cm³/mol. The van der Waals surface area contributed by atoms with Crippen LogP contribution in [0.3, 0.4) is 0 Å². The fraction of sp³-hybridized carbons (Fsp3) is 0.375. The number of aryl methyl sites for hydroxylation is 1. The monoisotopic (exact) mass is 216 g/mol. The second-order valence-electron chi connectivity index (χ2n) is 3.21. The van der Waals surface area contributed by atoms with Gasteiger partial charge in [-0.15, -0.1) is 0 Å². The van der Waals surface area contributed by atoms with Gasteiger partial charge >= 0.3 is 5.97 Å². The first-order valence-corrected chi connectivity index (χ1v) is 5.85. The summed E-state index contributed by atoms with van der Waals surface area (Å²) in [4.78, 5) is 10.5. The van der Waals surface area contributed by atoms with Crippen molar-refractivity contribution in [3.63, 3.8) is 0 Å². The van der Waals surface area contributed by atoms with Crippen LogP contribution in [-0.4, -0.2) is 25.2 Å². The minimum Gasteiger partial charge on any atom is -0.475 e. The minimum absolute atomic E-state index is 0.0680. The van der Waals surface area contributed by atoms with Crippen LogP contribution in [0.4, 0.5) is 0 Å². The molecule has 0 saturated carbocycles. The molecular weight excluding hydrogens is 208 g/mol. The summed E-state index contributed by atoms with van der Waals surface area (Å²) >= 11 is 0. The maximum absolute atomic E-state index is 11.2. The van der Waals surface area contributed by atoms with Gasteiger partial charge in [0.25, 0.3) is 0 Å². The molecule has 1 aliphatic heterocycles. The molecule has 0 spiro atoms. The van der Waals surface area contributed by atoms with Gasteiger partial charge < -0.3 is 9.52 Å². The quantitative estimate of drug-likeness (QED) is 0.736. The summed E-state index contributed by atoms with van der Waals surface area (Å²) in [5, 5.41) is 8.62. The zero-order chi connectivity index (χ0) is 10.3. The van der Waals surface area contributed by atoms with Crippen molar-refractivity contribution in [2.24, 2.45) is 0 Å². The van der Waals surface area contributed by atoms with E-state index in [1.807, 2.05) is 0 Å². The molecule has 0 atom stereocenters. The summed E-state index contributed by atoms with van der Waals surface area (Å²) < 4.78 is 27.3. The molecular formula is C8H8O5S. The second-order valence-corrected chi connectivity index (χ2v) is 5.39. The van der Waals surface area contributed by atoms with Crippen molar-refractivity contribution in [2.45, 2.75) is 12.2 Å². The second kappa shape index (κ2) is 2.84. The maximum atomic E-state index is 11.2. The summed E-state index contributed by atoms with van der Waals surface area (Å²) in [6, 6.07) is 1.40. The van der Waals surface area contributed by atoms with Gasteiger partial charge in [0.05, 0.1) is 5.75 Å². The van der Waals surface area contributed by atoms with Crippen LogP contribution in [0.2, 0.25) is 0 Å². The normalized spacial score (nSPS) is 18.9. The summed E-state index contributed by atoms with van der Waals surface area (Å²) in [6.45, 7) is 0. The van der Waals surface area contributed by atoms with Crippen molar-refractivity contribution in [2.75, 3.05) is 5.75 Å². The Balaban J connectivity index is 2.44. The molecule has 6 heteroatoms. The van der Waals surface area contributed by atoms with Crippen LogP contribution in [0, 0.1) is 0 Å². The summed E-state index contributed by atoms with van der Waals surface area (Å²) in [5.74, 6) is -1.20. The van der Waals surface area contributed by atoms with E-state index in [9.17, 15) is 13.2 Å². The number of fused-ring (bicyclic) bond motifs is 1. The van der Waals surface area contributed by atoms with Gasteiger partial charge in [-0.2, -0.15) is 0 Å². The Kier molecular flexibility index (Phi) is 1.88. The summed E-state index contributed by atoms with van der Waals surface area (Å²) in [6.07, 6.45) is 0.342. The first kappa shape index (κ1) is 9.26. The third-order valence-electron chi connectivity index (χ3n) is 2.14. The van der Waals surface area contributed by atoms with Gasteiger partial charge in [0, 0.05) is 0 Å². The smallest absolute Gasteiger partial charge is 0.371 e. The Morgan fingerprint density at radius 1 is 1.50 bits per heavy atom.